The Labute approximate surface area is 161 Å². The van der Waals surface area contributed by atoms with Crippen molar-refractivity contribution in [1.82, 2.24) is 9.97 Å². The number of rotatable bonds is 2. The van der Waals surface area contributed by atoms with Gasteiger partial charge in [-0.25, -0.2) is 9.97 Å². The van der Waals surface area contributed by atoms with E-state index in [2.05, 4.69) is 74.2 Å². The second-order valence-electron chi connectivity index (χ2n) is 9.60. The van der Waals surface area contributed by atoms with Gasteiger partial charge in [-0.05, 0) is 42.2 Å². The molecule has 1 saturated carbocycles. The first-order valence-corrected chi connectivity index (χ1v) is 10.0. The molecule has 1 aliphatic carbocycles. The van der Waals surface area contributed by atoms with Crippen LogP contribution in [0.2, 0.25) is 0 Å². The van der Waals surface area contributed by atoms with Crippen LogP contribution in [0.15, 0.2) is 54.6 Å². The first-order valence-electron chi connectivity index (χ1n) is 10.0. The smallest absolute Gasteiger partial charge is 0.162 e. The highest BCUT2D eigenvalue weighted by atomic mass is 15.3. The molecule has 3 heteroatoms. The van der Waals surface area contributed by atoms with Gasteiger partial charge in [-0.1, -0.05) is 63.2 Å². The van der Waals surface area contributed by atoms with Crippen LogP contribution in [0.5, 0.6) is 0 Å². The summed E-state index contributed by atoms with van der Waals surface area (Å²) < 4.78 is 0. The number of hydrogen-bond donors (Lipinski definition) is 0. The Kier molecular flexibility index (Phi) is 3.59. The first-order chi connectivity index (χ1) is 12.9. The number of fused-ring (bicyclic) bond motifs is 3. The van der Waals surface area contributed by atoms with Crippen molar-refractivity contribution in [1.29, 1.82) is 0 Å². The van der Waals surface area contributed by atoms with E-state index in [-0.39, 0.29) is 0 Å². The van der Waals surface area contributed by atoms with Gasteiger partial charge in [0.2, 0.25) is 0 Å². The molecule has 0 radical (unpaired) electrons. The van der Waals surface area contributed by atoms with Gasteiger partial charge in [-0.15, -0.1) is 0 Å². The van der Waals surface area contributed by atoms with E-state index in [1.165, 1.54) is 24.6 Å². The molecule has 138 valence electrons. The molecule has 5 rings (SSSR count). The maximum absolute atomic E-state index is 5.11. The van der Waals surface area contributed by atoms with Crippen molar-refractivity contribution >= 4 is 16.7 Å². The summed E-state index contributed by atoms with van der Waals surface area (Å²) in [7, 11) is 0. The summed E-state index contributed by atoms with van der Waals surface area (Å²) in [5.74, 6) is 1.95. The van der Waals surface area contributed by atoms with Crippen molar-refractivity contribution < 1.29 is 0 Å². The Balaban J connectivity index is 1.67. The van der Waals surface area contributed by atoms with Crippen LogP contribution in [0.1, 0.15) is 40.0 Å². The molecular formula is C24H27N3. The highest BCUT2D eigenvalue weighted by Crippen LogP contribution is 2.53. The molecule has 1 aromatic heterocycles. The molecule has 0 spiro atoms. The molecule has 0 unspecified atom stereocenters. The zero-order valence-corrected chi connectivity index (χ0v) is 16.4. The summed E-state index contributed by atoms with van der Waals surface area (Å²) in [6.07, 6.45) is 3.80. The molecule has 3 nitrogen and oxygen atoms in total. The van der Waals surface area contributed by atoms with Crippen LogP contribution in [0, 0.1) is 10.8 Å². The number of aromatic nitrogens is 2. The highest BCUT2D eigenvalue weighted by molar-refractivity contribution is 5.91. The minimum atomic E-state index is 0.380. The van der Waals surface area contributed by atoms with E-state index in [9.17, 15) is 0 Å². The minimum absolute atomic E-state index is 0.380. The Hall–Kier alpha value is -2.42. The molecule has 1 aliphatic heterocycles. The van der Waals surface area contributed by atoms with E-state index in [1.54, 1.807) is 0 Å². The normalized spacial score (nSPS) is 26.5. The van der Waals surface area contributed by atoms with E-state index in [0.29, 0.717) is 16.9 Å². The molecule has 2 atom stereocenters. The van der Waals surface area contributed by atoms with E-state index >= 15 is 0 Å². The van der Waals surface area contributed by atoms with Crippen LogP contribution in [-0.2, 0) is 0 Å². The largest absolute Gasteiger partial charge is 0.352 e. The van der Waals surface area contributed by atoms with Gasteiger partial charge in [0, 0.05) is 23.5 Å². The van der Waals surface area contributed by atoms with Crippen molar-refractivity contribution in [3.8, 4) is 11.4 Å². The van der Waals surface area contributed by atoms with Crippen LogP contribution in [0.4, 0.5) is 5.82 Å². The number of para-hydroxylation sites is 1. The first kappa shape index (κ1) is 16.7. The maximum atomic E-state index is 5.11. The lowest BCUT2D eigenvalue weighted by molar-refractivity contribution is 0.136. The quantitative estimate of drug-likeness (QED) is 0.589. The van der Waals surface area contributed by atoms with Gasteiger partial charge in [0.15, 0.2) is 5.82 Å². The zero-order chi connectivity index (χ0) is 18.6. The molecule has 2 aromatic carbocycles. The molecule has 2 fully saturated rings. The van der Waals surface area contributed by atoms with Crippen LogP contribution < -0.4 is 4.90 Å². The number of benzene rings is 2. The Morgan fingerprint density at radius 1 is 0.889 bits per heavy atom. The second-order valence-corrected chi connectivity index (χ2v) is 9.60. The predicted molar refractivity (Wildman–Crippen MR) is 112 cm³/mol. The Morgan fingerprint density at radius 3 is 2.44 bits per heavy atom. The number of anilines is 1. The summed E-state index contributed by atoms with van der Waals surface area (Å²) in [5, 5.41) is 1.17. The SMILES string of the molecule is CC1(C)C[C@@H]2C[C@@](C)(CN2c2nc(-c3ccccc3)nc3ccccc23)C1. The van der Waals surface area contributed by atoms with Crippen LogP contribution in [-0.4, -0.2) is 22.6 Å². The molecule has 3 aromatic rings. The lowest BCUT2D eigenvalue weighted by atomic mass is 9.65. The van der Waals surface area contributed by atoms with Crippen molar-refractivity contribution in [2.75, 3.05) is 11.4 Å². The van der Waals surface area contributed by atoms with Crippen molar-refractivity contribution in [2.24, 2.45) is 10.8 Å². The fourth-order valence-electron chi connectivity index (χ4n) is 5.70. The van der Waals surface area contributed by atoms with Crippen molar-refractivity contribution in [2.45, 2.75) is 46.1 Å². The average Bonchev–Trinajstić information content (AvgIpc) is 2.90. The van der Waals surface area contributed by atoms with Crippen LogP contribution in [0.25, 0.3) is 22.3 Å². The zero-order valence-electron chi connectivity index (χ0n) is 16.4. The van der Waals surface area contributed by atoms with E-state index in [4.69, 9.17) is 9.97 Å². The van der Waals surface area contributed by atoms with Gasteiger partial charge >= 0.3 is 0 Å². The molecule has 2 heterocycles. The van der Waals surface area contributed by atoms with Gasteiger partial charge in [0.1, 0.15) is 5.82 Å². The minimum Gasteiger partial charge on any atom is -0.352 e. The molecule has 0 amide bonds. The standard InChI is InChI=1S/C24H27N3/c1-23(2)13-18-14-24(3,15-23)16-27(18)22-19-11-7-8-12-20(19)25-21(26-22)17-9-5-4-6-10-17/h4-12,18H,13-16H2,1-3H3/t18-,24-/m1/s1. The molecule has 2 bridgehead atoms. The van der Waals surface area contributed by atoms with Gasteiger partial charge in [0.05, 0.1) is 5.52 Å². The lowest BCUT2D eigenvalue weighted by Crippen LogP contribution is -2.35. The summed E-state index contributed by atoms with van der Waals surface area (Å²) in [5.41, 5.74) is 2.90. The van der Waals surface area contributed by atoms with Gasteiger partial charge in [-0.3, -0.25) is 0 Å². The van der Waals surface area contributed by atoms with E-state index < -0.39 is 0 Å². The lowest BCUT2D eigenvalue weighted by Gasteiger charge is -2.39. The average molecular weight is 358 g/mol. The van der Waals surface area contributed by atoms with Gasteiger partial charge in [-0.2, -0.15) is 0 Å². The Bertz CT molecular complexity index is 995. The van der Waals surface area contributed by atoms with Crippen molar-refractivity contribution in [3.63, 3.8) is 0 Å². The molecular weight excluding hydrogens is 330 g/mol. The van der Waals surface area contributed by atoms with E-state index in [1.807, 2.05) is 6.07 Å². The fraction of sp³-hybridized carbons (Fsp3) is 0.417. The summed E-state index contributed by atoms with van der Waals surface area (Å²) in [6, 6.07) is 19.4. The summed E-state index contributed by atoms with van der Waals surface area (Å²) in [4.78, 5) is 12.6. The summed E-state index contributed by atoms with van der Waals surface area (Å²) in [6.45, 7) is 8.40. The fourth-order valence-corrected chi connectivity index (χ4v) is 5.70. The second kappa shape index (κ2) is 5.79. The van der Waals surface area contributed by atoms with E-state index in [0.717, 1.165) is 29.3 Å². The third kappa shape index (κ3) is 2.90. The maximum Gasteiger partial charge on any atom is 0.162 e. The molecule has 0 N–H and O–H groups in total. The van der Waals surface area contributed by atoms with Crippen LogP contribution in [0.3, 0.4) is 0 Å². The predicted octanol–water partition coefficient (Wildman–Crippen LogP) is 5.70. The Morgan fingerprint density at radius 2 is 1.63 bits per heavy atom. The number of nitrogens with zero attached hydrogens (tertiary/aromatic N) is 3. The highest BCUT2D eigenvalue weighted by Gasteiger charge is 2.50. The van der Waals surface area contributed by atoms with Gasteiger partial charge in [0.25, 0.3) is 0 Å². The molecule has 2 aliphatic rings. The van der Waals surface area contributed by atoms with Gasteiger partial charge < -0.3 is 4.90 Å². The monoisotopic (exact) mass is 357 g/mol. The van der Waals surface area contributed by atoms with Crippen molar-refractivity contribution in [3.05, 3.63) is 54.6 Å². The van der Waals surface area contributed by atoms with Crippen LogP contribution >= 0.6 is 0 Å². The molecule has 27 heavy (non-hydrogen) atoms. The third-order valence-electron chi connectivity index (χ3n) is 6.30. The summed E-state index contributed by atoms with van der Waals surface area (Å²) >= 11 is 0. The third-order valence-corrected chi connectivity index (χ3v) is 6.30. The number of hydrogen-bond acceptors (Lipinski definition) is 3. The topological polar surface area (TPSA) is 29.0 Å². The molecule has 1 saturated heterocycles.